The smallest absolute Gasteiger partial charge is 0.217 e. The molecule has 2 heterocycles. The molecule has 3 aromatic rings. The summed E-state index contributed by atoms with van der Waals surface area (Å²) in [5.74, 6) is 0.858. The lowest BCUT2D eigenvalue weighted by Crippen LogP contribution is -2.04. The van der Waals surface area contributed by atoms with Gasteiger partial charge in [-0.3, -0.25) is 0 Å². The zero-order chi connectivity index (χ0) is 14.9. The van der Waals surface area contributed by atoms with E-state index in [2.05, 4.69) is 15.0 Å². The molecular weight excluding hydrogens is 299 g/mol. The van der Waals surface area contributed by atoms with E-state index in [1.807, 2.05) is 17.5 Å². The molecule has 0 aliphatic rings. The Morgan fingerprint density at radius 1 is 0.905 bits per heavy atom. The summed E-state index contributed by atoms with van der Waals surface area (Å²) in [5.41, 5.74) is -0.179. The van der Waals surface area contributed by atoms with Crippen LogP contribution in [0.2, 0.25) is 0 Å². The zero-order valence-electron chi connectivity index (χ0n) is 10.5. The van der Waals surface area contributed by atoms with Crippen molar-refractivity contribution in [3.63, 3.8) is 0 Å². The van der Waals surface area contributed by atoms with E-state index in [1.54, 1.807) is 0 Å². The fourth-order valence-corrected chi connectivity index (χ4v) is 2.43. The molecule has 0 bridgehead atoms. The average Bonchev–Trinajstić information content (AvgIpc) is 3.01. The summed E-state index contributed by atoms with van der Waals surface area (Å²) in [7, 11) is 0. The second-order valence-corrected chi connectivity index (χ2v) is 5.13. The van der Waals surface area contributed by atoms with E-state index in [0.717, 1.165) is 17.0 Å². The number of rotatable bonds is 2. The van der Waals surface area contributed by atoms with Crippen molar-refractivity contribution in [1.82, 2.24) is 15.0 Å². The van der Waals surface area contributed by atoms with E-state index in [0.29, 0.717) is 17.2 Å². The summed E-state index contributed by atoms with van der Waals surface area (Å²) in [4.78, 5) is 13.2. The van der Waals surface area contributed by atoms with E-state index in [9.17, 15) is 13.2 Å². The lowest BCUT2D eigenvalue weighted by Gasteiger charge is -2.07. The molecule has 2 aromatic heterocycles. The number of thiophene rings is 1. The number of aromatic nitrogens is 3. The molecule has 0 spiro atoms. The lowest BCUT2D eigenvalue weighted by atomic mass is 10.1. The molecule has 0 saturated carbocycles. The predicted octanol–water partition coefficient (Wildman–Crippen LogP) is 4.29. The number of hydrogen-bond acceptors (Lipinski definition) is 4. The maximum atomic E-state index is 12.5. The molecule has 0 fully saturated rings. The van der Waals surface area contributed by atoms with Crippen molar-refractivity contribution < 1.29 is 13.2 Å². The van der Waals surface area contributed by atoms with Crippen LogP contribution in [0.4, 0.5) is 13.2 Å². The van der Waals surface area contributed by atoms with Gasteiger partial charge in [-0.25, -0.2) is 15.0 Å². The number of hydrogen-bond donors (Lipinski definition) is 0. The third-order valence-electron chi connectivity index (χ3n) is 2.78. The van der Waals surface area contributed by atoms with Crippen LogP contribution in [-0.4, -0.2) is 15.0 Å². The molecule has 0 aliphatic heterocycles. The molecule has 0 N–H and O–H groups in total. The van der Waals surface area contributed by atoms with Gasteiger partial charge in [0, 0.05) is 5.56 Å². The molecule has 7 heteroatoms. The Balaban J connectivity index is 1.96. The molecule has 0 atom stereocenters. The van der Waals surface area contributed by atoms with E-state index in [1.165, 1.54) is 29.8 Å². The van der Waals surface area contributed by atoms with Crippen LogP contribution < -0.4 is 0 Å². The first-order chi connectivity index (χ1) is 10.0. The molecular formula is C14H8F3N3S. The highest BCUT2D eigenvalue weighted by Crippen LogP contribution is 2.30. The Morgan fingerprint density at radius 3 is 2.24 bits per heavy atom. The Bertz CT molecular complexity index is 737. The molecule has 1 aromatic carbocycles. The summed E-state index contributed by atoms with van der Waals surface area (Å²) in [5, 5.41) is 1.90. The van der Waals surface area contributed by atoms with Gasteiger partial charge in [0.2, 0.25) is 0 Å². The summed E-state index contributed by atoms with van der Waals surface area (Å²) in [6, 6.07) is 8.50. The van der Waals surface area contributed by atoms with Crippen molar-refractivity contribution >= 4 is 11.3 Å². The number of nitrogens with zero attached hydrogens (tertiary/aromatic N) is 3. The van der Waals surface area contributed by atoms with Gasteiger partial charge in [-0.1, -0.05) is 18.2 Å². The first kappa shape index (κ1) is 13.7. The minimum Gasteiger partial charge on any atom is -0.217 e. The molecule has 0 aliphatic carbocycles. The summed E-state index contributed by atoms with van der Waals surface area (Å²) in [6.45, 7) is 0. The van der Waals surface area contributed by atoms with Gasteiger partial charge < -0.3 is 0 Å². The first-order valence-electron chi connectivity index (χ1n) is 5.94. The van der Waals surface area contributed by atoms with E-state index >= 15 is 0 Å². The first-order valence-corrected chi connectivity index (χ1v) is 6.82. The normalized spacial score (nSPS) is 11.6. The van der Waals surface area contributed by atoms with E-state index in [4.69, 9.17) is 0 Å². The Kier molecular flexibility index (Phi) is 3.42. The van der Waals surface area contributed by atoms with Crippen LogP contribution in [0.1, 0.15) is 5.56 Å². The van der Waals surface area contributed by atoms with Crippen LogP contribution in [0, 0.1) is 0 Å². The largest absolute Gasteiger partial charge is 0.416 e. The van der Waals surface area contributed by atoms with Gasteiger partial charge in [-0.15, -0.1) is 11.3 Å². The second-order valence-electron chi connectivity index (χ2n) is 4.19. The Morgan fingerprint density at radius 2 is 1.62 bits per heavy atom. The van der Waals surface area contributed by atoms with Crippen LogP contribution in [-0.2, 0) is 6.18 Å². The summed E-state index contributed by atoms with van der Waals surface area (Å²) >= 11 is 1.48. The quantitative estimate of drug-likeness (QED) is 0.709. The molecule has 3 rings (SSSR count). The minimum absolute atomic E-state index is 0.349. The highest BCUT2D eigenvalue weighted by molar-refractivity contribution is 7.13. The maximum absolute atomic E-state index is 12.5. The molecule has 0 unspecified atom stereocenters. The highest BCUT2D eigenvalue weighted by atomic mass is 32.1. The van der Waals surface area contributed by atoms with Crippen LogP contribution in [0.3, 0.4) is 0 Å². The van der Waals surface area contributed by atoms with Crippen molar-refractivity contribution in [2.45, 2.75) is 6.18 Å². The van der Waals surface area contributed by atoms with Gasteiger partial charge in [0.25, 0.3) is 0 Å². The van der Waals surface area contributed by atoms with Gasteiger partial charge in [0.05, 0.1) is 10.4 Å². The van der Waals surface area contributed by atoms with Crippen LogP contribution in [0.5, 0.6) is 0 Å². The van der Waals surface area contributed by atoms with Gasteiger partial charge in [-0.05, 0) is 23.6 Å². The van der Waals surface area contributed by atoms with Gasteiger partial charge in [0.1, 0.15) is 6.33 Å². The van der Waals surface area contributed by atoms with Crippen molar-refractivity contribution in [3.8, 4) is 22.1 Å². The zero-order valence-corrected chi connectivity index (χ0v) is 11.3. The maximum Gasteiger partial charge on any atom is 0.416 e. The Labute approximate surface area is 122 Å². The third-order valence-corrected chi connectivity index (χ3v) is 3.65. The lowest BCUT2D eigenvalue weighted by molar-refractivity contribution is -0.137. The predicted molar refractivity (Wildman–Crippen MR) is 73.6 cm³/mol. The standard InChI is InChI=1S/C14H8F3N3S/c15-14(16,17)10-5-3-9(4-6-10)12-18-8-19-13(20-12)11-2-1-7-21-11/h1-8H. The number of benzene rings is 1. The minimum atomic E-state index is -4.35. The van der Waals surface area contributed by atoms with E-state index in [-0.39, 0.29) is 0 Å². The number of alkyl halides is 3. The van der Waals surface area contributed by atoms with E-state index < -0.39 is 11.7 Å². The highest BCUT2D eigenvalue weighted by Gasteiger charge is 2.30. The van der Waals surface area contributed by atoms with Gasteiger partial charge in [0.15, 0.2) is 11.6 Å². The average molecular weight is 307 g/mol. The van der Waals surface area contributed by atoms with Crippen molar-refractivity contribution in [3.05, 3.63) is 53.7 Å². The molecule has 0 radical (unpaired) electrons. The van der Waals surface area contributed by atoms with Crippen molar-refractivity contribution in [2.24, 2.45) is 0 Å². The van der Waals surface area contributed by atoms with Crippen molar-refractivity contribution in [1.29, 1.82) is 0 Å². The SMILES string of the molecule is FC(F)(F)c1ccc(-c2ncnc(-c3cccs3)n2)cc1. The monoisotopic (exact) mass is 307 g/mol. The number of halogens is 3. The van der Waals surface area contributed by atoms with Crippen molar-refractivity contribution in [2.75, 3.05) is 0 Å². The molecule has 106 valence electrons. The van der Waals surface area contributed by atoms with Crippen LogP contribution in [0.15, 0.2) is 48.1 Å². The Hall–Kier alpha value is -2.28. The van der Waals surface area contributed by atoms with Gasteiger partial charge >= 0.3 is 6.18 Å². The molecule has 3 nitrogen and oxygen atoms in total. The second kappa shape index (κ2) is 5.25. The molecule has 21 heavy (non-hydrogen) atoms. The molecule has 0 saturated heterocycles. The fourth-order valence-electron chi connectivity index (χ4n) is 1.77. The topological polar surface area (TPSA) is 38.7 Å². The fraction of sp³-hybridized carbons (Fsp3) is 0.0714. The van der Waals surface area contributed by atoms with Gasteiger partial charge in [-0.2, -0.15) is 13.2 Å². The van der Waals surface area contributed by atoms with Crippen LogP contribution in [0.25, 0.3) is 22.1 Å². The summed E-state index contributed by atoms with van der Waals surface area (Å²) < 4.78 is 37.6. The summed E-state index contributed by atoms with van der Waals surface area (Å²) in [6.07, 6.45) is -2.99. The van der Waals surface area contributed by atoms with Crippen LogP contribution >= 0.6 is 11.3 Å². The third kappa shape index (κ3) is 2.92. The molecule has 0 amide bonds.